The van der Waals surface area contributed by atoms with Crippen molar-refractivity contribution in [2.75, 3.05) is 6.61 Å². The molecule has 0 aliphatic carbocycles. The third-order valence-corrected chi connectivity index (χ3v) is 6.50. The van der Waals surface area contributed by atoms with E-state index in [-0.39, 0.29) is 12.6 Å². The lowest BCUT2D eigenvalue weighted by Crippen LogP contribution is -2.45. The lowest BCUT2D eigenvalue weighted by molar-refractivity contribution is -0.139. The van der Waals surface area contributed by atoms with Crippen LogP contribution in [-0.2, 0) is 15.3 Å². The van der Waals surface area contributed by atoms with Crippen LogP contribution in [0.3, 0.4) is 0 Å². The summed E-state index contributed by atoms with van der Waals surface area (Å²) >= 11 is 1.79. The molecule has 0 saturated heterocycles. The molecule has 3 rings (SSSR count). The molecule has 0 saturated carbocycles. The fraction of sp³-hybridized carbons (Fsp3) is 0.333. The highest BCUT2D eigenvalue weighted by molar-refractivity contribution is 7.98. The average Bonchev–Trinajstić information content (AvgIpc) is 2.68. The van der Waals surface area contributed by atoms with E-state index in [1.54, 1.807) is 25.6 Å². The van der Waals surface area contributed by atoms with Crippen molar-refractivity contribution in [3.63, 3.8) is 0 Å². The summed E-state index contributed by atoms with van der Waals surface area (Å²) < 4.78 is 5.26. The Labute approximate surface area is 182 Å². The van der Waals surface area contributed by atoms with Crippen molar-refractivity contribution in [1.82, 2.24) is 10.6 Å². The van der Waals surface area contributed by atoms with E-state index in [0.29, 0.717) is 11.3 Å². The number of carbonyl (C=O) groups is 2. The zero-order valence-electron chi connectivity index (χ0n) is 18.1. The molecule has 1 aliphatic heterocycles. The molecule has 158 valence electrons. The summed E-state index contributed by atoms with van der Waals surface area (Å²) in [5.74, 6) is 0.392. The molecule has 1 atom stereocenters. The van der Waals surface area contributed by atoms with Gasteiger partial charge in [0.05, 0.1) is 18.2 Å². The van der Waals surface area contributed by atoms with Crippen molar-refractivity contribution < 1.29 is 14.3 Å². The second kappa shape index (κ2) is 9.39. The van der Waals surface area contributed by atoms with Gasteiger partial charge in [-0.1, -0.05) is 30.3 Å². The van der Waals surface area contributed by atoms with Crippen LogP contribution in [0.25, 0.3) is 0 Å². The quantitative estimate of drug-likeness (QED) is 0.500. The highest BCUT2D eigenvalue weighted by Gasteiger charge is 2.33. The van der Waals surface area contributed by atoms with Crippen molar-refractivity contribution in [3.05, 3.63) is 75.5 Å². The highest BCUT2D eigenvalue weighted by atomic mass is 32.2. The van der Waals surface area contributed by atoms with Gasteiger partial charge in [-0.05, 0) is 68.5 Å². The fourth-order valence-corrected chi connectivity index (χ4v) is 4.76. The smallest absolute Gasteiger partial charge is 0.338 e. The molecule has 0 fully saturated rings. The maximum Gasteiger partial charge on any atom is 0.338 e. The van der Waals surface area contributed by atoms with E-state index in [1.165, 1.54) is 21.6 Å². The first kappa shape index (κ1) is 22.0. The second-order valence-electron chi connectivity index (χ2n) is 7.48. The average molecular weight is 425 g/mol. The molecule has 1 unspecified atom stereocenters. The number of rotatable bonds is 6. The SMILES string of the molecule is CCOC(=O)C1=C(C)NC(=O)NC1c1cc(CSc2ccccc2C)c(C)cc1C. The molecule has 2 amide bonds. The number of allylic oxidation sites excluding steroid dienone is 1. The van der Waals surface area contributed by atoms with E-state index >= 15 is 0 Å². The number of hydrogen-bond acceptors (Lipinski definition) is 4. The summed E-state index contributed by atoms with van der Waals surface area (Å²) in [6.07, 6.45) is 0. The van der Waals surface area contributed by atoms with E-state index in [2.05, 4.69) is 48.7 Å². The molecule has 0 aromatic heterocycles. The molecule has 6 heteroatoms. The molecular formula is C24H28N2O3S. The first-order valence-electron chi connectivity index (χ1n) is 10.1. The van der Waals surface area contributed by atoms with Gasteiger partial charge in [-0.3, -0.25) is 0 Å². The first-order valence-corrected chi connectivity index (χ1v) is 11.0. The monoisotopic (exact) mass is 424 g/mol. The number of benzene rings is 2. The molecule has 1 heterocycles. The highest BCUT2D eigenvalue weighted by Crippen LogP contribution is 2.34. The lowest BCUT2D eigenvalue weighted by Gasteiger charge is -2.29. The van der Waals surface area contributed by atoms with Crippen molar-refractivity contribution in [1.29, 1.82) is 0 Å². The van der Waals surface area contributed by atoms with Gasteiger partial charge in [-0.15, -0.1) is 11.8 Å². The van der Waals surface area contributed by atoms with Crippen LogP contribution < -0.4 is 10.6 Å². The lowest BCUT2D eigenvalue weighted by atomic mass is 9.90. The Morgan fingerprint density at radius 3 is 2.50 bits per heavy atom. The van der Waals surface area contributed by atoms with Gasteiger partial charge in [0.15, 0.2) is 0 Å². The van der Waals surface area contributed by atoms with Gasteiger partial charge in [0.1, 0.15) is 0 Å². The first-order chi connectivity index (χ1) is 14.3. The summed E-state index contributed by atoms with van der Waals surface area (Å²) in [6.45, 7) is 10.00. The molecule has 30 heavy (non-hydrogen) atoms. The Morgan fingerprint density at radius 1 is 1.07 bits per heavy atom. The van der Waals surface area contributed by atoms with Crippen LogP contribution in [0.5, 0.6) is 0 Å². The van der Waals surface area contributed by atoms with E-state index in [1.807, 2.05) is 19.1 Å². The van der Waals surface area contributed by atoms with Crippen LogP contribution >= 0.6 is 11.8 Å². The zero-order valence-corrected chi connectivity index (χ0v) is 18.9. The van der Waals surface area contributed by atoms with Crippen molar-refractivity contribution in [2.45, 2.75) is 51.3 Å². The van der Waals surface area contributed by atoms with Crippen LogP contribution in [0.4, 0.5) is 4.79 Å². The fourth-order valence-electron chi connectivity index (χ4n) is 3.66. The normalized spacial score (nSPS) is 16.2. The minimum absolute atomic E-state index is 0.279. The molecule has 2 aromatic rings. The van der Waals surface area contributed by atoms with Crippen LogP contribution in [0, 0.1) is 20.8 Å². The minimum Gasteiger partial charge on any atom is -0.463 e. The van der Waals surface area contributed by atoms with Crippen LogP contribution in [0.1, 0.15) is 47.7 Å². The molecule has 2 N–H and O–H groups in total. The second-order valence-corrected chi connectivity index (χ2v) is 8.50. The molecule has 0 spiro atoms. The van der Waals surface area contributed by atoms with Gasteiger partial charge in [0.25, 0.3) is 0 Å². The summed E-state index contributed by atoms with van der Waals surface area (Å²) in [5, 5.41) is 5.60. The number of carbonyl (C=O) groups excluding carboxylic acids is 2. The van der Waals surface area contributed by atoms with Gasteiger partial charge in [-0.25, -0.2) is 9.59 Å². The van der Waals surface area contributed by atoms with Gasteiger partial charge < -0.3 is 15.4 Å². The predicted molar refractivity (Wildman–Crippen MR) is 120 cm³/mol. The predicted octanol–water partition coefficient (Wildman–Crippen LogP) is 5.10. The Kier molecular flexibility index (Phi) is 6.87. The van der Waals surface area contributed by atoms with Crippen LogP contribution in [0.2, 0.25) is 0 Å². The van der Waals surface area contributed by atoms with E-state index in [4.69, 9.17) is 4.74 Å². The molecule has 1 aliphatic rings. The number of thioether (sulfide) groups is 1. The van der Waals surface area contributed by atoms with Crippen molar-refractivity contribution in [3.8, 4) is 0 Å². The molecule has 0 radical (unpaired) electrons. The Hall–Kier alpha value is -2.73. The molecular weight excluding hydrogens is 396 g/mol. The standard InChI is InChI=1S/C24H28N2O3S/c1-6-29-23(27)21-17(5)25-24(28)26-22(21)19-12-18(15(3)11-16(19)4)13-30-20-10-8-7-9-14(20)2/h7-12,22H,6,13H2,1-5H3,(H2,25,26,28). The number of ether oxygens (including phenoxy) is 1. The largest absolute Gasteiger partial charge is 0.463 e. The van der Waals surface area contributed by atoms with Crippen LogP contribution in [0.15, 0.2) is 52.6 Å². The summed E-state index contributed by atoms with van der Waals surface area (Å²) in [7, 11) is 0. The van der Waals surface area contributed by atoms with Crippen molar-refractivity contribution >= 4 is 23.8 Å². The van der Waals surface area contributed by atoms with Gasteiger partial charge in [0.2, 0.25) is 0 Å². The summed E-state index contributed by atoms with van der Waals surface area (Å²) in [4.78, 5) is 26.1. The number of aryl methyl sites for hydroxylation is 3. The Bertz CT molecular complexity index is 1010. The minimum atomic E-state index is -0.541. The Balaban J connectivity index is 1.97. The number of urea groups is 1. The third kappa shape index (κ3) is 4.70. The number of esters is 1. The summed E-state index contributed by atoms with van der Waals surface area (Å²) in [5.41, 5.74) is 6.53. The van der Waals surface area contributed by atoms with Gasteiger partial charge in [-0.2, -0.15) is 0 Å². The molecule has 0 bridgehead atoms. The van der Waals surface area contributed by atoms with Crippen molar-refractivity contribution in [2.24, 2.45) is 0 Å². The topological polar surface area (TPSA) is 67.4 Å². The molecule has 2 aromatic carbocycles. The number of nitrogens with one attached hydrogen (secondary N) is 2. The number of amides is 2. The third-order valence-electron chi connectivity index (χ3n) is 5.28. The maximum absolute atomic E-state index is 12.6. The maximum atomic E-state index is 12.6. The number of hydrogen-bond donors (Lipinski definition) is 2. The van der Waals surface area contributed by atoms with E-state index in [0.717, 1.165) is 16.9 Å². The van der Waals surface area contributed by atoms with Gasteiger partial charge in [0, 0.05) is 16.3 Å². The van der Waals surface area contributed by atoms with E-state index < -0.39 is 12.0 Å². The molecule has 5 nitrogen and oxygen atoms in total. The zero-order chi connectivity index (χ0) is 21.8. The Morgan fingerprint density at radius 2 is 1.80 bits per heavy atom. The van der Waals surface area contributed by atoms with Gasteiger partial charge >= 0.3 is 12.0 Å². The van der Waals surface area contributed by atoms with E-state index in [9.17, 15) is 9.59 Å². The van der Waals surface area contributed by atoms with Crippen LogP contribution in [-0.4, -0.2) is 18.6 Å². The summed E-state index contributed by atoms with van der Waals surface area (Å²) in [6, 6.07) is 11.7.